The lowest BCUT2D eigenvalue weighted by molar-refractivity contribution is 0.156. The Bertz CT molecular complexity index is 758. The third kappa shape index (κ3) is 4.48. The normalized spacial score (nSPS) is 14.8. The van der Waals surface area contributed by atoms with Gasteiger partial charge < -0.3 is 10.4 Å². The maximum absolute atomic E-state index is 11.4. The molecule has 2 aromatic rings. The first-order chi connectivity index (χ1) is 11.0. The maximum Gasteiger partial charge on any atom is 0.283 e. The average molecular weight is 318 g/mol. The van der Waals surface area contributed by atoms with Gasteiger partial charge in [-0.15, -0.1) is 0 Å². The smallest absolute Gasteiger partial charge is 0.283 e. The van der Waals surface area contributed by atoms with Gasteiger partial charge in [-0.3, -0.25) is 9.59 Å². The molecule has 0 saturated heterocycles. The largest absolute Gasteiger partial charge is 0.425 e. The van der Waals surface area contributed by atoms with Gasteiger partial charge in [0, 0.05) is 24.2 Å². The van der Waals surface area contributed by atoms with Crippen LogP contribution in [0.15, 0.2) is 46.1 Å². The van der Waals surface area contributed by atoms with Crippen LogP contribution in [-0.2, 0) is 0 Å². The molecule has 23 heavy (non-hydrogen) atoms. The van der Waals surface area contributed by atoms with Crippen LogP contribution in [0.3, 0.4) is 0 Å². The fourth-order valence-corrected chi connectivity index (χ4v) is 2.83. The molecule has 0 aromatic carbocycles. The summed E-state index contributed by atoms with van der Waals surface area (Å²) in [7, 11) is 0. The summed E-state index contributed by atoms with van der Waals surface area (Å²) in [6.45, 7) is 1.90. The van der Waals surface area contributed by atoms with Crippen LogP contribution in [0.4, 0.5) is 0 Å². The summed E-state index contributed by atoms with van der Waals surface area (Å²) < 4.78 is 1.35. The maximum atomic E-state index is 11.4. The van der Waals surface area contributed by atoms with E-state index in [9.17, 15) is 14.8 Å². The third-order valence-electron chi connectivity index (χ3n) is 4.01. The molecule has 0 radical (unpaired) electrons. The molecule has 0 amide bonds. The Hall–Kier alpha value is -2.50. The average Bonchev–Trinajstić information content (AvgIpc) is 2.55. The predicted molar refractivity (Wildman–Crippen MR) is 86.3 cm³/mol. The molecule has 6 heteroatoms. The van der Waals surface area contributed by atoms with Crippen molar-refractivity contribution >= 4 is 0 Å². The summed E-state index contributed by atoms with van der Waals surface area (Å²) >= 11 is 0. The van der Waals surface area contributed by atoms with Crippen molar-refractivity contribution in [1.82, 2.24) is 9.46 Å². The molecular formula is C17H22N2O4. The fourth-order valence-electron chi connectivity index (χ4n) is 2.83. The number of nitrogens with zero attached hydrogens (tertiary/aromatic N) is 2. The molecule has 2 N–H and O–H groups in total. The van der Waals surface area contributed by atoms with Gasteiger partial charge in [0.1, 0.15) is 0 Å². The summed E-state index contributed by atoms with van der Waals surface area (Å²) in [5.41, 5.74) is 1.01. The molecule has 124 valence electrons. The van der Waals surface area contributed by atoms with Crippen molar-refractivity contribution in [3.63, 3.8) is 0 Å². The van der Waals surface area contributed by atoms with E-state index < -0.39 is 5.56 Å². The molecule has 0 aliphatic heterocycles. The molecule has 1 aliphatic carbocycles. The molecule has 1 fully saturated rings. The van der Waals surface area contributed by atoms with Crippen molar-refractivity contribution in [3.8, 4) is 0 Å². The van der Waals surface area contributed by atoms with Crippen molar-refractivity contribution in [2.45, 2.75) is 44.9 Å². The lowest BCUT2D eigenvalue weighted by Crippen LogP contribution is -2.23. The minimum Gasteiger partial charge on any atom is -0.425 e. The summed E-state index contributed by atoms with van der Waals surface area (Å²) in [4.78, 5) is 21.7. The summed E-state index contributed by atoms with van der Waals surface area (Å²) in [6.07, 6.45) is 7.13. The summed E-state index contributed by atoms with van der Waals surface area (Å²) in [6, 6.07) is 7.81. The van der Waals surface area contributed by atoms with Crippen molar-refractivity contribution in [1.29, 1.82) is 0 Å². The quantitative estimate of drug-likeness (QED) is 0.791. The molecular weight excluding hydrogens is 296 g/mol. The van der Waals surface area contributed by atoms with Crippen LogP contribution in [-0.4, -0.2) is 19.9 Å². The Kier molecular flexibility index (Phi) is 5.62. The van der Waals surface area contributed by atoms with Gasteiger partial charge in [-0.25, -0.2) is 0 Å². The molecule has 0 bridgehead atoms. The molecule has 0 atom stereocenters. The SMILES string of the molecule is Cc1cc(C2CCCCC2)n(O)c(=O)c1.O=c1ccccn1O. The molecule has 2 heterocycles. The number of aryl methyl sites for hydroxylation is 1. The fraction of sp³-hybridized carbons (Fsp3) is 0.412. The number of rotatable bonds is 1. The first-order valence-electron chi connectivity index (χ1n) is 7.79. The zero-order valence-corrected chi connectivity index (χ0v) is 13.2. The van der Waals surface area contributed by atoms with Crippen LogP contribution >= 0.6 is 0 Å². The Labute approximate surface area is 134 Å². The topological polar surface area (TPSA) is 84.5 Å². The van der Waals surface area contributed by atoms with Crippen molar-refractivity contribution < 1.29 is 10.4 Å². The number of hydrogen-bond donors (Lipinski definition) is 2. The number of hydrogen-bond acceptors (Lipinski definition) is 4. The van der Waals surface area contributed by atoms with Gasteiger partial charge in [0.05, 0.1) is 5.69 Å². The Morgan fingerprint density at radius 2 is 1.70 bits per heavy atom. The molecule has 3 rings (SSSR count). The Morgan fingerprint density at radius 1 is 1.00 bits per heavy atom. The molecule has 6 nitrogen and oxygen atoms in total. The first-order valence-corrected chi connectivity index (χ1v) is 7.79. The van der Waals surface area contributed by atoms with E-state index in [1.165, 1.54) is 37.6 Å². The number of aromatic nitrogens is 2. The highest BCUT2D eigenvalue weighted by Crippen LogP contribution is 2.31. The van der Waals surface area contributed by atoms with E-state index in [2.05, 4.69) is 0 Å². The summed E-state index contributed by atoms with van der Waals surface area (Å²) in [5.74, 6) is 0.358. The van der Waals surface area contributed by atoms with Crippen LogP contribution in [0.5, 0.6) is 0 Å². The summed E-state index contributed by atoms with van der Waals surface area (Å²) in [5, 5.41) is 18.2. The van der Waals surface area contributed by atoms with E-state index in [0.717, 1.165) is 28.8 Å². The highest BCUT2D eigenvalue weighted by atomic mass is 16.5. The van der Waals surface area contributed by atoms with E-state index >= 15 is 0 Å². The Balaban J connectivity index is 0.000000203. The monoisotopic (exact) mass is 318 g/mol. The third-order valence-corrected chi connectivity index (χ3v) is 4.01. The van der Waals surface area contributed by atoms with Gasteiger partial charge in [0.15, 0.2) is 0 Å². The second-order valence-corrected chi connectivity index (χ2v) is 5.83. The second-order valence-electron chi connectivity index (χ2n) is 5.83. The second kappa shape index (κ2) is 7.67. The van der Waals surface area contributed by atoms with E-state index in [1.807, 2.05) is 13.0 Å². The molecule has 1 aliphatic rings. The highest BCUT2D eigenvalue weighted by Gasteiger charge is 2.19. The van der Waals surface area contributed by atoms with Crippen LogP contribution in [0.1, 0.15) is 49.3 Å². The van der Waals surface area contributed by atoms with E-state index in [0.29, 0.717) is 10.6 Å². The van der Waals surface area contributed by atoms with Gasteiger partial charge in [0.2, 0.25) is 0 Å². The lowest BCUT2D eigenvalue weighted by atomic mass is 9.86. The van der Waals surface area contributed by atoms with Crippen LogP contribution in [0.2, 0.25) is 0 Å². The van der Waals surface area contributed by atoms with E-state index in [-0.39, 0.29) is 5.56 Å². The van der Waals surface area contributed by atoms with E-state index in [4.69, 9.17) is 5.21 Å². The minimum absolute atomic E-state index is 0.310. The minimum atomic E-state index is -0.410. The zero-order valence-electron chi connectivity index (χ0n) is 13.2. The lowest BCUT2D eigenvalue weighted by Gasteiger charge is -2.22. The number of pyridine rings is 2. The molecule has 0 spiro atoms. The van der Waals surface area contributed by atoms with E-state index in [1.54, 1.807) is 12.1 Å². The standard InChI is InChI=1S/C12H17NO2.C5H5NO2/c1-9-7-11(13(15)12(14)8-9)10-5-3-2-4-6-10;7-5-3-1-2-4-6(5)8/h7-8,10,15H,2-6H2,1H3;1-4,8H. The van der Waals surface area contributed by atoms with Crippen LogP contribution in [0, 0.1) is 6.92 Å². The van der Waals surface area contributed by atoms with Gasteiger partial charge in [-0.1, -0.05) is 25.3 Å². The van der Waals surface area contributed by atoms with Gasteiger partial charge >= 0.3 is 0 Å². The van der Waals surface area contributed by atoms with Crippen LogP contribution < -0.4 is 11.1 Å². The van der Waals surface area contributed by atoms with Crippen molar-refractivity contribution in [2.24, 2.45) is 0 Å². The Morgan fingerprint density at radius 3 is 2.26 bits per heavy atom. The van der Waals surface area contributed by atoms with Gasteiger partial charge in [0.25, 0.3) is 11.1 Å². The van der Waals surface area contributed by atoms with Crippen molar-refractivity contribution in [3.05, 3.63) is 68.5 Å². The first kappa shape index (κ1) is 16.9. The molecule has 1 saturated carbocycles. The zero-order chi connectivity index (χ0) is 16.8. The highest BCUT2D eigenvalue weighted by molar-refractivity contribution is 5.19. The predicted octanol–water partition coefficient (Wildman–Crippen LogP) is 2.53. The van der Waals surface area contributed by atoms with Crippen LogP contribution in [0.25, 0.3) is 0 Å². The van der Waals surface area contributed by atoms with Gasteiger partial charge in [-0.05, 0) is 37.5 Å². The van der Waals surface area contributed by atoms with Gasteiger partial charge in [-0.2, -0.15) is 9.46 Å². The molecule has 2 aromatic heterocycles. The van der Waals surface area contributed by atoms with Crippen molar-refractivity contribution in [2.75, 3.05) is 0 Å². The molecule has 0 unspecified atom stereocenters.